The van der Waals surface area contributed by atoms with Crippen LogP contribution in [0.2, 0.25) is 0 Å². The van der Waals surface area contributed by atoms with Crippen molar-refractivity contribution in [1.82, 2.24) is 0 Å². The summed E-state index contributed by atoms with van der Waals surface area (Å²) < 4.78 is 0. The molecule has 0 unspecified atom stereocenters. The maximum absolute atomic E-state index is 3.47. The van der Waals surface area contributed by atoms with Crippen LogP contribution in [-0.2, 0) is 0 Å². The predicted molar refractivity (Wildman–Crippen MR) is 77.3 cm³/mol. The Labute approximate surface area is 105 Å². The second-order valence-corrected chi connectivity index (χ2v) is 3.94. The zero-order chi connectivity index (χ0) is 12.3. The summed E-state index contributed by atoms with van der Waals surface area (Å²) in [5.74, 6) is 0.722. The van der Waals surface area contributed by atoms with Gasteiger partial charge in [-0.2, -0.15) is 0 Å². The fourth-order valence-electron chi connectivity index (χ4n) is 1.78. The van der Waals surface area contributed by atoms with Crippen LogP contribution in [0, 0.1) is 5.92 Å². The minimum Gasteiger partial charge on any atom is -0.385 e. The van der Waals surface area contributed by atoms with E-state index in [9.17, 15) is 0 Å². The molecular weight excluding hydrogens is 206 g/mol. The smallest absolute Gasteiger partial charge is 0.0340 e. The van der Waals surface area contributed by atoms with E-state index in [2.05, 4.69) is 53.9 Å². The highest BCUT2D eigenvalue weighted by Crippen LogP contribution is 2.15. The lowest BCUT2D eigenvalue weighted by molar-refractivity contribution is 0.575. The fraction of sp³-hybridized carbons (Fsp3) is 0.375. The molecule has 0 saturated carbocycles. The molecular formula is C16H23N. The van der Waals surface area contributed by atoms with Crippen molar-refractivity contribution in [3.8, 4) is 0 Å². The Balaban J connectivity index is 0.000000686. The number of nitrogens with one attached hydrogen (secondary N) is 1. The molecule has 17 heavy (non-hydrogen) atoms. The van der Waals surface area contributed by atoms with E-state index in [1.807, 2.05) is 19.9 Å². The van der Waals surface area contributed by atoms with E-state index in [-0.39, 0.29) is 0 Å². The minimum atomic E-state index is 0.722. The molecule has 1 aromatic rings. The highest BCUT2D eigenvalue weighted by atomic mass is 14.9. The Hall–Kier alpha value is -1.50. The SMILES string of the molecule is C1=CCC(CNc2ccccc2)CC=C1.CC. The highest BCUT2D eigenvalue weighted by molar-refractivity contribution is 5.42. The summed E-state index contributed by atoms with van der Waals surface area (Å²) in [5.41, 5.74) is 1.22. The van der Waals surface area contributed by atoms with Gasteiger partial charge in [-0.05, 0) is 30.9 Å². The molecule has 1 aliphatic rings. The van der Waals surface area contributed by atoms with Crippen LogP contribution in [0.5, 0.6) is 0 Å². The average molecular weight is 229 g/mol. The number of hydrogen-bond donors (Lipinski definition) is 1. The zero-order valence-electron chi connectivity index (χ0n) is 10.9. The van der Waals surface area contributed by atoms with Crippen molar-refractivity contribution in [3.05, 3.63) is 54.6 Å². The Kier molecular flexibility index (Phi) is 6.89. The monoisotopic (exact) mass is 229 g/mol. The molecule has 0 aromatic heterocycles. The summed E-state index contributed by atoms with van der Waals surface area (Å²) in [7, 11) is 0. The van der Waals surface area contributed by atoms with Gasteiger partial charge in [-0.25, -0.2) is 0 Å². The standard InChI is InChI=1S/C14H17N.C2H6/c1-2-5-9-13(8-4-1)12-15-14-10-6-3-7-11-14;1-2/h1-7,10-11,13,15H,8-9,12H2;1-2H3. The van der Waals surface area contributed by atoms with Gasteiger partial charge in [0.15, 0.2) is 0 Å². The zero-order valence-corrected chi connectivity index (χ0v) is 10.9. The molecule has 1 N–H and O–H groups in total. The van der Waals surface area contributed by atoms with Gasteiger partial charge in [0.25, 0.3) is 0 Å². The van der Waals surface area contributed by atoms with Gasteiger partial charge in [-0.3, -0.25) is 0 Å². The second-order valence-electron chi connectivity index (χ2n) is 3.94. The maximum Gasteiger partial charge on any atom is 0.0340 e. The van der Waals surface area contributed by atoms with Gasteiger partial charge in [0, 0.05) is 12.2 Å². The first-order chi connectivity index (χ1) is 8.45. The lowest BCUT2D eigenvalue weighted by Crippen LogP contribution is -2.12. The van der Waals surface area contributed by atoms with Crippen molar-refractivity contribution < 1.29 is 0 Å². The Morgan fingerprint density at radius 3 is 2.18 bits per heavy atom. The molecule has 2 rings (SSSR count). The molecule has 0 aliphatic heterocycles. The molecule has 0 heterocycles. The van der Waals surface area contributed by atoms with Gasteiger partial charge in [-0.15, -0.1) is 0 Å². The van der Waals surface area contributed by atoms with Crippen molar-refractivity contribution in [2.75, 3.05) is 11.9 Å². The van der Waals surface area contributed by atoms with E-state index >= 15 is 0 Å². The number of anilines is 1. The average Bonchev–Trinajstić information content (AvgIpc) is 2.68. The van der Waals surface area contributed by atoms with Gasteiger partial charge in [0.1, 0.15) is 0 Å². The normalized spacial score (nSPS) is 14.7. The minimum absolute atomic E-state index is 0.722. The quantitative estimate of drug-likeness (QED) is 0.795. The number of rotatable bonds is 3. The highest BCUT2D eigenvalue weighted by Gasteiger charge is 2.05. The van der Waals surface area contributed by atoms with Crippen molar-refractivity contribution in [1.29, 1.82) is 0 Å². The topological polar surface area (TPSA) is 12.0 Å². The van der Waals surface area contributed by atoms with Crippen molar-refractivity contribution >= 4 is 5.69 Å². The molecule has 0 spiro atoms. The molecule has 1 heteroatoms. The van der Waals surface area contributed by atoms with E-state index < -0.39 is 0 Å². The van der Waals surface area contributed by atoms with Crippen LogP contribution in [0.25, 0.3) is 0 Å². The molecule has 0 saturated heterocycles. The lowest BCUT2D eigenvalue weighted by atomic mass is 10.0. The Morgan fingerprint density at radius 2 is 1.59 bits per heavy atom. The van der Waals surface area contributed by atoms with E-state index in [0.29, 0.717) is 0 Å². The van der Waals surface area contributed by atoms with Crippen molar-refractivity contribution in [2.45, 2.75) is 26.7 Å². The molecule has 0 radical (unpaired) electrons. The van der Waals surface area contributed by atoms with Crippen LogP contribution in [0.15, 0.2) is 54.6 Å². The van der Waals surface area contributed by atoms with Crippen LogP contribution in [0.4, 0.5) is 5.69 Å². The number of hydrogen-bond acceptors (Lipinski definition) is 1. The number of allylic oxidation sites excluding steroid dienone is 4. The third kappa shape index (κ3) is 5.39. The maximum atomic E-state index is 3.47. The van der Waals surface area contributed by atoms with Gasteiger partial charge in [-0.1, -0.05) is 56.4 Å². The van der Waals surface area contributed by atoms with Crippen LogP contribution < -0.4 is 5.32 Å². The first-order valence-electron chi connectivity index (χ1n) is 6.56. The van der Waals surface area contributed by atoms with Crippen LogP contribution in [-0.4, -0.2) is 6.54 Å². The first kappa shape index (κ1) is 13.6. The second kappa shape index (κ2) is 8.63. The molecule has 0 amide bonds. The molecule has 0 fully saturated rings. The number of para-hydroxylation sites is 1. The molecule has 0 atom stereocenters. The van der Waals surface area contributed by atoms with Crippen LogP contribution in [0.3, 0.4) is 0 Å². The lowest BCUT2D eigenvalue weighted by Gasteiger charge is -2.14. The summed E-state index contributed by atoms with van der Waals surface area (Å²) in [4.78, 5) is 0. The van der Waals surface area contributed by atoms with E-state index in [0.717, 1.165) is 12.5 Å². The van der Waals surface area contributed by atoms with Gasteiger partial charge in [0.2, 0.25) is 0 Å². The molecule has 92 valence electrons. The fourth-order valence-corrected chi connectivity index (χ4v) is 1.78. The van der Waals surface area contributed by atoms with Crippen LogP contribution in [0.1, 0.15) is 26.7 Å². The van der Waals surface area contributed by atoms with E-state index in [1.165, 1.54) is 18.5 Å². The van der Waals surface area contributed by atoms with Gasteiger partial charge < -0.3 is 5.32 Å². The van der Waals surface area contributed by atoms with E-state index in [4.69, 9.17) is 0 Å². The summed E-state index contributed by atoms with van der Waals surface area (Å²) in [6, 6.07) is 10.4. The molecule has 1 aromatic carbocycles. The third-order valence-electron chi connectivity index (χ3n) is 2.69. The third-order valence-corrected chi connectivity index (χ3v) is 2.69. The summed E-state index contributed by atoms with van der Waals surface area (Å²) in [6.07, 6.45) is 11.1. The van der Waals surface area contributed by atoms with Gasteiger partial charge >= 0.3 is 0 Å². The summed E-state index contributed by atoms with van der Waals surface area (Å²) in [5, 5.41) is 3.47. The first-order valence-corrected chi connectivity index (χ1v) is 6.56. The Bertz CT molecular complexity index is 324. The summed E-state index contributed by atoms with van der Waals surface area (Å²) in [6.45, 7) is 5.05. The van der Waals surface area contributed by atoms with Crippen LogP contribution >= 0.6 is 0 Å². The largest absolute Gasteiger partial charge is 0.385 e. The van der Waals surface area contributed by atoms with Crippen molar-refractivity contribution in [2.24, 2.45) is 5.92 Å². The predicted octanol–water partition coefficient (Wildman–Crippen LogP) is 4.65. The number of benzene rings is 1. The Morgan fingerprint density at radius 1 is 1.00 bits per heavy atom. The van der Waals surface area contributed by atoms with Gasteiger partial charge in [0.05, 0.1) is 0 Å². The van der Waals surface area contributed by atoms with Crippen molar-refractivity contribution in [3.63, 3.8) is 0 Å². The molecule has 0 bridgehead atoms. The molecule has 1 nitrogen and oxygen atoms in total. The summed E-state index contributed by atoms with van der Waals surface area (Å²) >= 11 is 0. The van der Waals surface area contributed by atoms with E-state index in [1.54, 1.807) is 0 Å². The molecule has 1 aliphatic carbocycles.